The molecule has 112 valence electrons. The van der Waals surface area contributed by atoms with Gasteiger partial charge in [-0.1, -0.05) is 17.4 Å². The first kappa shape index (κ1) is 14.8. The van der Waals surface area contributed by atoms with Crippen molar-refractivity contribution in [3.63, 3.8) is 0 Å². The summed E-state index contributed by atoms with van der Waals surface area (Å²) in [7, 11) is 3.68. The predicted octanol–water partition coefficient (Wildman–Crippen LogP) is 2.66. The van der Waals surface area contributed by atoms with Gasteiger partial charge in [-0.15, -0.1) is 0 Å². The van der Waals surface area contributed by atoms with Gasteiger partial charge >= 0.3 is 7.12 Å². The van der Waals surface area contributed by atoms with E-state index < -0.39 is 0 Å². The number of nitrogens with zero attached hydrogens (tertiary/aromatic N) is 2. The summed E-state index contributed by atoms with van der Waals surface area (Å²) < 4.78 is 13.4. The molecule has 1 aliphatic heterocycles. The number of rotatable bonds is 2. The van der Waals surface area contributed by atoms with E-state index in [2.05, 4.69) is 50.9 Å². The molecule has 0 bridgehead atoms. The van der Waals surface area contributed by atoms with Gasteiger partial charge in [0, 0.05) is 14.1 Å². The molecule has 0 unspecified atom stereocenters. The summed E-state index contributed by atoms with van der Waals surface area (Å²) in [6.45, 7) is 8.27. The maximum atomic E-state index is 6.10. The largest absolute Gasteiger partial charge is 0.494 e. The molecule has 2 heterocycles. The van der Waals surface area contributed by atoms with Gasteiger partial charge in [0.25, 0.3) is 0 Å². The van der Waals surface area contributed by atoms with E-state index in [1.807, 2.05) is 19.0 Å². The molecule has 0 radical (unpaired) electrons. The van der Waals surface area contributed by atoms with Crippen molar-refractivity contribution >= 4 is 39.3 Å². The van der Waals surface area contributed by atoms with Gasteiger partial charge in [-0.25, -0.2) is 4.98 Å². The van der Waals surface area contributed by atoms with E-state index >= 15 is 0 Å². The smallest absolute Gasteiger partial charge is 0.399 e. The molecule has 1 aromatic heterocycles. The zero-order valence-corrected chi connectivity index (χ0v) is 14.2. The molecule has 0 amide bonds. The fourth-order valence-electron chi connectivity index (χ4n) is 2.25. The van der Waals surface area contributed by atoms with Crippen LogP contribution in [0.3, 0.4) is 0 Å². The van der Waals surface area contributed by atoms with Crippen molar-refractivity contribution in [2.45, 2.75) is 38.9 Å². The van der Waals surface area contributed by atoms with Crippen LogP contribution in [0.2, 0.25) is 0 Å². The van der Waals surface area contributed by atoms with Crippen molar-refractivity contribution in [1.29, 1.82) is 0 Å². The molecule has 3 rings (SSSR count). The van der Waals surface area contributed by atoms with Crippen molar-refractivity contribution < 1.29 is 9.31 Å². The van der Waals surface area contributed by atoms with Gasteiger partial charge in [0.2, 0.25) is 0 Å². The molecule has 0 aliphatic carbocycles. The second-order valence-electron chi connectivity index (χ2n) is 6.71. The second kappa shape index (κ2) is 4.70. The van der Waals surface area contributed by atoms with E-state index in [0.717, 1.165) is 16.1 Å². The lowest BCUT2D eigenvalue weighted by Crippen LogP contribution is -2.41. The Hall–Kier alpha value is -1.11. The first-order chi connectivity index (χ1) is 9.69. The maximum Gasteiger partial charge on any atom is 0.494 e. The summed E-state index contributed by atoms with van der Waals surface area (Å²) in [5.41, 5.74) is 1.39. The minimum Gasteiger partial charge on any atom is -0.399 e. The van der Waals surface area contributed by atoms with Crippen LogP contribution in [-0.4, -0.2) is 37.4 Å². The van der Waals surface area contributed by atoms with Crippen LogP contribution in [0.4, 0.5) is 5.13 Å². The minimum atomic E-state index is -0.330. The Labute approximate surface area is 130 Å². The number of thiazole rings is 1. The zero-order chi connectivity index (χ0) is 15.4. The van der Waals surface area contributed by atoms with Crippen molar-refractivity contribution in [2.24, 2.45) is 0 Å². The average molecular weight is 304 g/mol. The Balaban J connectivity index is 1.95. The van der Waals surface area contributed by atoms with Gasteiger partial charge in [-0.2, -0.15) is 0 Å². The van der Waals surface area contributed by atoms with E-state index in [1.165, 1.54) is 4.70 Å². The molecule has 21 heavy (non-hydrogen) atoms. The van der Waals surface area contributed by atoms with Gasteiger partial charge in [-0.05, 0) is 45.3 Å². The number of fused-ring (bicyclic) bond motifs is 1. The second-order valence-corrected chi connectivity index (χ2v) is 7.72. The molecule has 4 nitrogen and oxygen atoms in total. The molecule has 2 aromatic rings. The van der Waals surface area contributed by atoms with Gasteiger partial charge in [-0.3, -0.25) is 0 Å². The normalized spacial score (nSPS) is 20.2. The van der Waals surface area contributed by atoms with Crippen LogP contribution in [0.5, 0.6) is 0 Å². The molecule has 0 spiro atoms. The number of hydrogen-bond donors (Lipinski definition) is 0. The monoisotopic (exact) mass is 304 g/mol. The third-order valence-corrected chi connectivity index (χ3v) is 5.51. The molecule has 6 heteroatoms. The van der Waals surface area contributed by atoms with E-state index in [-0.39, 0.29) is 18.3 Å². The third-order valence-electron chi connectivity index (χ3n) is 4.31. The third kappa shape index (κ3) is 2.45. The van der Waals surface area contributed by atoms with Crippen LogP contribution >= 0.6 is 11.3 Å². The van der Waals surface area contributed by atoms with Gasteiger partial charge < -0.3 is 14.2 Å². The highest BCUT2D eigenvalue weighted by atomic mass is 32.1. The van der Waals surface area contributed by atoms with Crippen LogP contribution in [0, 0.1) is 0 Å². The minimum absolute atomic E-state index is 0.316. The summed E-state index contributed by atoms with van der Waals surface area (Å²) in [5, 5.41) is 1.01. The van der Waals surface area contributed by atoms with Crippen molar-refractivity contribution in [3.8, 4) is 0 Å². The standard InChI is InChI=1S/C15H21BN2O2S/c1-14(2)15(3,4)20-16(19-14)10-7-8-12-11(9-10)17-13(21-12)18(5)6/h7-9H,1-6H3. The van der Waals surface area contributed by atoms with E-state index in [1.54, 1.807) is 11.3 Å². The Morgan fingerprint density at radius 2 is 1.71 bits per heavy atom. The van der Waals surface area contributed by atoms with E-state index in [4.69, 9.17) is 9.31 Å². The molecule has 0 atom stereocenters. The van der Waals surface area contributed by atoms with Crippen molar-refractivity contribution in [2.75, 3.05) is 19.0 Å². The van der Waals surface area contributed by atoms with E-state index in [0.29, 0.717) is 0 Å². The van der Waals surface area contributed by atoms with Crippen LogP contribution in [0.1, 0.15) is 27.7 Å². The Kier molecular flexibility index (Phi) is 3.31. The maximum absolute atomic E-state index is 6.10. The lowest BCUT2D eigenvalue weighted by Gasteiger charge is -2.32. The lowest BCUT2D eigenvalue weighted by molar-refractivity contribution is 0.00578. The average Bonchev–Trinajstić information content (AvgIpc) is 2.88. The zero-order valence-electron chi connectivity index (χ0n) is 13.4. The highest BCUT2D eigenvalue weighted by Gasteiger charge is 2.51. The molecule has 0 saturated carbocycles. The molecule has 1 aromatic carbocycles. The highest BCUT2D eigenvalue weighted by molar-refractivity contribution is 7.22. The molecular formula is C15H21BN2O2S. The van der Waals surface area contributed by atoms with Crippen molar-refractivity contribution in [1.82, 2.24) is 4.98 Å². The summed E-state index contributed by atoms with van der Waals surface area (Å²) >= 11 is 1.69. The quantitative estimate of drug-likeness (QED) is 0.799. The molecule has 0 N–H and O–H groups in total. The summed E-state index contributed by atoms with van der Waals surface area (Å²) in [4.78, 5) is 6.68. The summed E-state index contributed by atoms with van der Waals surface area (Å²) in [6, 6.07) is 6.24. The van der Waals surface area contributed by atoms with Gasteiger partial charge in [0.15, 0.2) is 5.13 Å². The molecular weight excluding hydrogens is 283 g/mol. The summed E-state index contributed by atoms with van der Waals surface area (Å²) in [6.07, 6.45) is 0. The molecule has 1 fully saturated rings. The fourth-order valence-corrected chi connectivity index (χ4v) is 3.12. The van der Waals surface area contributed by atoms with Gasteiger partial charge in [0.1, 0.15) is 0 Å². The summed E-state index contributed by atoms with van der Waals surface area (Å²) in [5.74, 6) is 0. The SMILES string of the molecule is CN(C)c1nc2cc(B3OC(C)(C)C(C)(C)O3)ccc2s1. The number of aromatic nitrogens is 1. The van der Waals surface area contributed by atoms with E-state index in [9.17, 15) is 0 Å². The predicted molar refractivity (Wildman–Crippen MR) is 89.7 cm³/mol. The number of hydrogen-bond acceptors (Lipinski definition) is 5. The number of benzene rings is 1. The first-order valence-electron chi connectivity index (χ1n) is 7.13. The Morgan fingerprint density at radius 3 is 2.29 bits per heavy atom. The lowest BCUT2D eigenvalue weighted by atomic mass is 9.79. The fraction of sp³-hybridized carbons (Fsp3) is 0.533. The topological polar surface area (TPSA) is 34.6 Å². The van der Waals surface area contributed by atoms with Crippen molar-refractivity contribution in [3.05, 3.63) is 18.2 Å². The van der Waals surface area contributed by atoms with Crippen LogP contribution in [0.15, 0.2) is 18.2 Å². The molecule has 1 aliphatic rings. The van der Waals surface area contributed by atoms with Gasteiger partial charge in [0.05, 0.1) is 21.4 Å². The van der Waals surface area contributed by atoms with Crippen LogP contribution in [0.25, 0.3) is 10.2 Å². The first-order valence-corrected chi connectivity index (χ1v) is 7.95. The Morgan fingerprint density at radius 1 is 1.10 bits per heavy atom. The number of anilines is 1. The highest BCUT2D eigenvalue weighted by Crippen LogP contribution is 2.37. The molecule has 1 saturated heterocycles. The Bertz CT molecular complexity index is 665. The van der Waals surface area contributed by atoms with Crippen LogP contribution < -0.4 is 10.4 Å². The van der Waals surface area contributed by atoms with Crippen LogP contribution in [-0.2, 0) is 9.31 Å².